The number of hydrogen-bond donors (Lipinski definition) is 0. The van der Waals surface area contributed by atoms with Gasteiger partial charge >= 0.3 is 0 Å². The average molecular weight is 299 g/mol. The predicted octanol–water partition coefficient (Wildman–Crippen LogP) is 4.98. The van der Waals surface area contributed by atoms with Crippen LogP contribution in [0, 0.1) is 5.82 Å². The van der Waals surface area contributed by atoms with E-state index in [1.54, 1.807) is 0 Å². The largest absolute Gasteiger partial charge is 0.299 e. The minimum atomic E-state index is -0.492. The normalized spacial score (nSPS) is 10.6. The quantitative estimate of drug-likeness (QED) is 0.366. The second kappa shape index (κ2) is 8.85. The topological polar surface area (TPSA) is 34.1 Å². The van der Waals surface area contributed by atoms with Crippen molar-refractivity contribution in [3.05, 3.63) is 34.6 Å². The van der Waals surface area contributed by atoms with E-state index in [0.717, 1.165) is 31.7 Å². The molecular weight excluding hydrogens is 279 g/mol. The van der Waals surface area contributed by atoms with Crippen LogP contribution >= 0.6 is 11.6 Å². The minimum absolute atomic E-state index is 0.0609. The Morgan fingerprint density at radius 1 is 1.15 bits per heavy atom. The van der Waals surface area contributed by atoms with Crippen molar-refractivity contribution in [1.29, 1.82) is 0 Å². The molecule has 0 aliphatic rings. The predicted molar refractivity (Wildman–Crippen MR) is 78.7 cm³/mol. The first kappa shape index (κ1) is 16.8. The molecule has 0 aromatic heterocycles. The molecule has 0 spiro atoms. The average Bonchev–Trinajstić information content (AvgIpc) is 2.38. The van der Waals surface area contributed by atoms with Gasteiger partial charge in [0.15, 0.2) is 5.78 Å². The Morgan fingerprint density at radius 2 is 1.85 bits per heavy atom. The molecule has 110 valence electrons. The van der Waals surface area contributed by atoms with Crippen molar-refractivity contribution >= 4 is 23.2 Å². The lowest BCUT2D eigenvalue weighted by atomic mass is 10.0. The number of benzene rings is 1. The summed E-state index contributed by atoms with van der Waals surface area (Å²) < 4.78 is 12.9. The zero-order chi connectivity index (χ0) is 15.0. The smallest absolute Gasteiger partial charge is 0.171 e. The Balaban J connectivity index is 2.39. The highest BCUT2D eigenvalue weighted by molar-refractivity contribution is 6.34. The van der Waals surface area contributed by atoms with E-state index in [1.165, 1.54) is 18.6 Å². The van der Waals surface area contributed by atoms with Crippen molar-refractivity contribution in [2.45, 2.75) is 51.9 Å². The molecule has 0 bridgehead atoms. The molecule has 0 aliphatic heterocycles. The van der Waals surface area contributed by atoms with Crippen LogP contribution in [0.25, 0.3) is 0 Å². The summed E-state index contributed by atoms with van der Waals surface area (Å²) in [5.41, 5.74) is 0.215. The maximum absolute atomic E-state index is 12.9. The molecule has 0 N–H and O–H groups in total. The first-order valence-electron chi connectivity index (χ1n) is 7.04. The Labute approximate surface area is 124 Å². The lowest BCUT2D eigenvalue weighted by Crippen LogP contribution is -2.08. The second-order valence-corrected chi connectivity index (χ2v) is 5.33. The third-order valence-electron chi connectivity index (χ3n) is 3.15. The molecule has 2 nitrogen and oxygen atoms in total. The van der Waals surface area contributed by atoms with Crippen LogP contribution in [0.4, 0.5) is 4.39 Å². The first-order chi connectivity index (χ1) is 9.54. The summed E-state index contributed by atoms with van der Waals surface area (Å²) in [5.74, 6) is -0.908. The molecule has 0 amide bonds. The maximum Gasteiger partial charge on any atom is 0.171 e. The number of hydrogen-bond acceptors (Lipinski definition) is 2. The molecule has 20 heavy (non-hydrogen) atoms. The van der Waals surface area contributed by atoms with Crippen molar-refractivity contribution in [2.24, 2.45) is 0 Å². The van der Waals surface area contributed by atoms with Gasteiger partial charge in [0.25, 0.3) is 0 Å². The summed E-state index contributed by atoms with van der Waals surface area (Å²) in [6.07, 6.45) is 5.58. The summed E-state index contributed by atoms with van der Waals surface area (Å²) in [7, 11) is 0. The lowest BCUT2D eigenvalue weighted by Gasteiger charge is -2.04. The van der Waals surface area contributed by atoms with E-state index >= 15 is 0 Å². The number of Topliss-reactive ketones (excluding diaryl/α,β-unsaturated/α-hetero) is 2. The summed E-state index contributed by atoms with van der Waals surface area (Å²) in [6, 6.07) is 3.59. The summed E-state index contributed by atoms with van der Waals surface area (Å²) in [5, 5.41) is 0.0609. The number of unbranched alkanes of at least 4 members (excludes halogenated alkanes) is 4. The fourth-order valence-electron chi connectivity index (χ4n) is 2.00. The van der Waals surface area contributed by atoms with Crippen LogP contribution in [-0.2, 0) is 4.79 Å². The van der Waals surface area contributed by atoms with Gasteiger partial charge in [-0.05, 0) is 24.6 Å². The summed E-state index contributed by atoms with van der Waals surface area (Å²) in [4.78, 5) is 23.6. The van der Waals surface area contributed by atoms with Crippen molar-refractivity contribution in [1.82, 2.24) is 0 Å². The molecule has 0 unspecified atom stereocenters. The molecule has 1 rings (SSSR count). The van der Waals surface area contributed by atoms with Gasteiger partial charge in [0, 0.05) is 12.0 Å². The van der Waals surface area contributed by atoms with Crippen molar-refractivity contribution < 1.29 is 14.0 Å². The van der Waals surface area contributed by atoms with Gasteiger partial charge in [-0.1, -0.05) is 44.2 Å². The SMILES string of the molecule is CCCCCCCC(=O)CC(=O)c1ccc(F)cc1Cl. The highest BCUT2D eigenvalue weighted by Gasteiger charge is 2.15. The zero-order valence-corrected chi connectivity index (χ0v) is 12.5. The van der Waals surface area contributed by atoms with E-state index in [-0.39, 0.29) is 28.6 Å². The minimum Gasteiger partial charge on any atom is -0.299 e. The standard InChI is InChI=1S/C16H20ClFO2/c1-2-3-4-5-6-7-13(19)11-16(20)14-9-8-12(18)10-15(14)17/h8-10H,2-7,11H2,1H3. The molecule has 0 atom stereocenters. The molecule has 1 aromatic carbocycles. The number of carbonyl (C=O) groups is 2. The third-order valence-corrected chi connectivity index (χ3v) is 3.46. The molecule has 0 saturated heterocycles. The number of rotatable bonds is 9. The van der Waals surface area contributed by atoms with E-state index in [1.807, 2.05) is 0 Å². The molecule has 0 heterocycles. The van der Waals surface area contributed by atoms with Gasteiger partial charge in [0.2, 0.25) is 0 Å². The molecule has 0 radical (unpaired) electrons. The van der Waals surface area contributed by atoms with Crippen LogP contribution in [0.2, 0.25) is 5.02 Å². The Bertz CT molecular complexity index is 472. The van der Waals surface area contributed by atoms with Gasteiger partial charge in [0.05, 0.1) is 11.4 Å². The zero-order valence-electron chi connectivity index (χ0n) is 11.8. The van der Waals surface area contributed by atoms with Crippen molar-refractivity contribution in [3.8, 4) is 0 Å². The van der Waals surface area contributed by atoms with Crippen LogP contribution < -0.4 is 0 Å². The maximum atomic E-state index is 12.9. The van der Waals surface area contributed by atoms with Crippen molar-refractivity contribution in [3.63, 3.8) is 0 Å². The van der Waals surface area contributed by atoms with Gasteiger partial charge in [-0.25, -0.2) is 4.39 Å². The highest BCUT2D eigenvalue weighted by atomic mass is 35.5. The Kier molecular flexibility index (Phi) is 7.45. The van der Waals surface area contributed by atoms with E-state index in [9.17, 15) is 14.0 Å². The summed E-state index contributed by atoms with van der Waals surface area (Å²) >= 11 is 5.80. The van der Waals surface area contributed by atoms with Crippen LogP contribution in [0.3, 0.4) is 0 Å². The fraction of sp³-hybridized carbons (Fsp3) is 0.500. The fourth-order valence-corrected chi connectivity index (χ4v) is 2.28. The van der Waals surface area contributed by atoms with Gasteiger partial charge in [-0.2, -0.15) is 0 Å². The molecule has 1 aromatic rings. The van der Waals surface area contributed by atoms with E-state index in [0.29, 0.717) is 6.42 Å². The molecule has 0 fully saturated rings. The van der Waals surface area contributed by atoms with E-state index in [4.69, 9.17) is 11.6 Å². The Hall–Kier alpha value is -1.22. The second-order valence-electron chi connectivity index (χ2n) is 4.93. The number of halogens is 2. The highest BCUT2D eigenvalue weighted by Crippen LogP contribution is 2.19. The van der Waals surface area contributed by atoms with E-state index < -0.39 is 5.82 Å². The van der Waals surface area contributed by atoms with Crippen LogP contribution in [0.5, 0.6) is 0 Å². The van der Waals surface area contributed by atoms with Crippen LogP contribution in [0.1, 0.15) is 62.2 Å². The van der Waals surface area contributed by atoms with Crippen LogP contribution in [0.15, 0.2) is 18.2 Å². The van der Waals surface area contributed by atoms with Gasteiger partial charge in [-0.3, -0.25) is 9.59 Å². The first-order valence-corrected chi connectivity index (χ1v) is 7.42. The molecular formula is C16H20ClFO2. The monoisotopic (exact) mass is 298 g/mol. The van der Waals surface area contributed by atoms with Gasteiger partial charge in [0.1, 0.15) is 11.6 Å². The van der Waals surface area contributed by atoms with Crippen LogP contribution in [-0.4, -0.2) is 11.6 Å². The molecule has 4 heteroatoms. The lowest BCUT2D eigenvalue weighted by molar-refractivity contribution is -0.118. The van der Waals surface area contributed by atoms with Crippen molar-refractivity contribution in [2.75, 3.05) is 0 Å². The third kappa shape index (κ3) is 5.83. The van der Waals surface area contributed by atoms with Gasteiger partial charge in [-0.15, -0.1) is 0 Å². The number of ketones is 2. The van der Waals surface area contributed by atoms with Gasteiger partial charge < -0.3 is 0 Å². The van der Waals surface area contributed by atoms with E-state index in [2.05, 4.69) is 6.92 Å². The Morgan fingerprint density at radius 3 is 2.50 bits per heavy atom. The molecule has 0 saturated carbocycles. The number of carbonyl (C=O) groups excluding carboxylic acids is 2. The molecule has 0 aliphatic carbocycles. The summed E-state index contributed by atoms with van der Waals surface area (Å²) in [6.45, 7) is 2.14.